The number of hydrogen-bond donors (Lipinski definition) is 8. The predicted octanol–water partition coefficient (Wildman–Crippen LogP) is 15.9. The van der Waals surface area contributed by atoms with Gasteiger partial charge in [-0.3, -0.25) is 33.9 Å². The molecule has 9 N–H and O–H groups in total. The van der Waals surface area contributed by atoms with Crippen LogP contribution in [-0.4, -0.2) is 229 Å². The normalized spacial score (nSPS) is 18.1. The number of carbonyl (C=O) groups is 4. The van der Waals surface area contributed by atoms with E-state index >= 15 is 0 Å². The summed E-state index contributed by atoms with van der Waals surface area (Å²) < 4.78 is 96.5. The molecule has 0 saturated carbocycles. The fourth-order valence-electron chi connectivity index (χ4n) is 17.6. The van der Waals surface area contributed by atoms with Crippen LogP contribution in [0.15, 0.2) is 142 Å². The Hall–Kier alpha value is -11.1. The van der Waals surface area contributed by atoms with E-state index in [9.17, 15) is 49.5 Å². The number of halogens is 2. The molecule has 1 unspecified atom stereocenters. The molecule has 6 aliphatic rings. The Morgan fingerprint density at radius 1 is 0.493 bits per heavy atom. The third kappa shape index (κ3) is 22.2. The van der Waals surface area contributed by atoms with E-state index in [0.29, 0.717) is 113 Å². The minimum Gasteiger partial charge on any atom is -0.489 e. The van der Waals surface area contributed by atoms with Crippen LogP contribution in [0.2, 0.25) is 10.0 Å². The van der Waals surface area contributed by atoms with Crippen molar-refractivity contribution in [2.45, 2.75) is 253 Å². The molecule has 9 aromatic rings. The number of piperidine rings is 2. The summed E-state index contributed by atoms with van der Waals surface area (Å²) in [5.74, 6) is 2.59. The van der Waals surface area contributed by atoms with E-state index in [4.69, 9.17) is 48.1 Å². The van der Waals surface area contributed by atoms with Crippen molar-refractivity contribution in [2.75, 3.05) is 78.8 Å². The lowest BCUT2D eigenvalue weighted by molar-refractivity contribution is -0.121. The molecule has 9 heterocycles. The van der Waals surface area contributed by atoms with Crippen LogP contribution >= 0.6 is 23.2 Å². The molecule has 33 nitrogen and oxygen atoms in total. The number of fused-ring (bicyclic) bond motifs is 3. The van der Waals surface area contributed by atoms with E-state index in [1.54, 1.807) is 132 Å². The third-order valence-electron chi connectivity index (χ3n) is 25.0. The minimum absolute atomic E-state index is 0.0189. The molecule has 6 aromatic carbocycles. The number of anilines is 12. The van der Waals surface area contributed by atoms with Crippen LogP contribution in [0.4, 0.5) is 69.4 Å². The predicted molar refractivity (Wildman–Crippen MR) is 523 cm³/mol. The summed E-state index contributed by atoms with van der Waals surface area (Å²) in [7, 11) is -6.70. The van der Waals surface area contributed by atoms with Gasteiger partial charge in [0.1, 0.15) is 33.1 Å². The number of aliphatic hydroxyl groups excluding tert-OH is 1. The topological polar surface area (TPSA) is 414 Å². The number of nitrogens with zero attached hydrogens (tertiary/aromatic N) is 12. The molecule has 4 amide bonds. The number of sulfone groups is 3. The lowest BCUT2D eigenvalue weighted by atomic mass is 9.77. The molecule has 0 aliphatic carbocycles. The van der Waals surface area contributed by atoms with E-state index in [0.717, 1.165) is 61.0 Å². The smallest absolute Gasteiger partial charge is 0.254 e. The number of aromatic nitrogens is 6. The first-order valence-electron chi connectivity index (χ1n) is 45.1. The molecule has 0 radical (unpaired) electrons. The fourth-order valence-corrected chi connectivity index (χ4v) is 21.5. The van der Waals surface area contributed by atoms with Crippen molar-refractivity contribution < 1.29 is 63.7 Å². The second-order valence-electron chi connectivity index (χ2n) is 37.7. The van der Waals surface area contributed by atoms with E-state index in [1.165, 1.54) is 18.5 Å². The van der Waals surface area contributed by atoms with Crippen molar-refractivity contribution >= 4 is 146 Å². The molecule has 6 aliphatic heterocycles. The minimum atomic E-state index is -3.59. The highest BCUT2D eigenvalue weighted by atomic mass is 35.5. The maximum absolute atomic E-state index is 14.0. The summed E-state index contributed by atoms with van der Waals surface area (Å²) in [6.07, 6.45) is 8.24. The molecule has 0 bridgehead atoms. The molecule has 3 saturated heterocycles. The summed E-state index contributed by atoms with van der Waals surface area (Å²) in [6.45, 7) is 36.6. The largest absolute Gasteiger partial charge is 0.489 e. The van der Waals surface area contributed by atoms with Gasteiger partial charge >= 0.3 is 0 Å². The number of rotatable bonds is 30. The van der Waals surface area contributed by atoms with E-state index in [2.05, 4.69) is 101 Å². The standard InChI is InChI=1S/C35H48N6O4S.C31H39ClN6O5S.C30H36ClN7O5S/c1-21(2)45-29-15-24-20-41(25-17-34(6,7)40(10)35(8,9)18-25)32(42)26(24)16-28(29)38-33-36-19-23(5)31(39-33)37-27-13-11-12-14-30(27)46(43,44)22(3)4;1-19(2)43-27-14-21-17-38(22-8-7-11-37(18-22)12-13-39)30(40)23(21)15-26(27)35-31-33-16-24(32)29(36-31)34-25-9-5-6-10-28(25)44(41,42)20(3)4;1-16(2)43-25-10-18-14-38(19-11-24(27(32)39)37(5)15-19)29(40)20(18)12-23(25)35-30-33-13-21(31)28(36-30)34-22-8-6-7-9-26(22)44(41,42)17(3)4/h11-16,19,21-22,25H,17-18,20H2,1-10H3,(H2,36,37,38,39);5-6,9-10,14-16,19-20,22,39H,7-8,11-13,17-18H2,1-4H3,(H2,33,34,35,36);6-10,12-13,16-17,19,24H,11,14-15H2,1-5H3,(H2,32,39)(H2,33,34,35,36)/t;;19-,24-/m..0/s1. The number of amides is 4. The lowest BCUT2D eigenvalue weighted by Crippen LogP contribution is -2.62. The second-order valence-corrected chi connectivity index (χ2v) is 45.9. The zero-order valence-electron chi connectivity index (χ0n) is 79.3. The Morgan fingerprint density at radius 2 is 0.843 bits per heavy atom. The van der Waals surface area contributed by atoms with Crippen molar-refractivity contribution in [1.82, 2.24) is 59.3 Å². The van der Waals surface area contributed by atoms with Crippen LogP contribution in [0.3, 0.4) is 0 Å². The van der Waals surface area contributed by atoms with Gasteiger partial charge in [-0.2, -0.15) is 15.0 Å². The Balaban J connectivity index is 0.000000170. The van der Waals surface area contributed by atoms with Crippen molar-refractivity contribution in [1.29, 1.82) is 0 Å². The average Bonchev–Trinajstić information content (AvgIpc) is 1.57. The quantitative estimate of drug-likeness (QED) is 0.0207. The molecule has 38 heteroatoms. The van der Waals surface area contributed by atoms with E-state index < -0.39 is 57.2 Å². The summed E-state index contributed by atoms with van der Waals surface area (Å²) in [4.78, 5) is 92.7. The number of nitrogens with two attached hydrogens (primary N) is 1. The van der Waals surface area contributed by atoms with Crippen molar-refractivity contribution in [3.63, 3.8) is 0 Å². The summed E-state index contributed by atoms with van der Waals surface area (Å²) in [5.41, 5.74) is 13.3. The summed E-state index contributed by atoms with van der Waals surface area (Å²) in [5, 5.41) is 26.9. The van der Waals surface area contributed by atoms with Crippen molar-refractivity contribution in [3.05, 3.63) is 177 Å². The van der Waals surface area contributed by atoms with Gasteiger partial charge < -0.3 is 71.7 Å². The van der Waals surface area contributed by atoms with Gasteiger partial charge in [-0.15, -0.1) is 0 Å². The van der Waals surface area contributed by atoms with Gasteiger partial charge in [0, 0.05) is 96.9 Å². The maximum atomic E-state index is 14.0. The number of aryl methyl sites for hydroxylation is 1. The van der Waals surface area contributed by atoms with Crippen LogP contribution in [0.25, 0.3) is 0 Å². The Labute approximate surface area is 795 Å². The number of likely N-dealkylation sites (tertiary alicyclic amines) is 3. The highest BCUT2D eigenvalue weighted by Gasteiger charge is 2.48. The molecule has 0 spiro atoms. The zero-order chi connectivity index (χ0) is 97.3. The van der Waals surface area contributed by atoms with Gasteiger partial charge in [0.15, 0.2) is 41.1 Å². The van der Waals surface area contributed by atoms with Gasteiger partial charge in [-0.1, -0.05) is 59.6 Å². The summed E-state index contributed by atoms with van der Waals surface area (Å²) in [6, 6.07) is 30.6. The Morgan fingerprint density at radius 3 is 1.20 bits per heavy atom. The van der Waals surface area contributed by atoms with Gasteiger partial charge in [-0.05, 0) is 260 Å². The van der Waals surface area contributed by atoms with Gasteiger partial charge in [0.25, 0.3) is 17.7 Å². The Bertz CT molecular complexity index is 6270. The highest BCUT2D eigenvalue weighted by Crippen LogP contribution is 2.46. The second kappa shape index (κ2) is 40.8. The Kier molecular flexibility index (Phi) is 30.6. The van der Waals surface area contributed by atoms with E-state index in [-0.39, 0.29) is 126 Å². The number of hydrogen-bond acceptors (Lipinski definition) is 29. The van der Waals surface area contributed by atoms with Crippen LogP contribution in [0.5, 0.6) is 17.2 Å². The van der Waals surface area contributed by atoms with E-state index in [1.807, 2.05) is 94.5 Å². The molecule has 3 aromatic heterocycles. The first-order valence-corrected chi connectivity index (χ1v) is 50.5. The SMILES string of the molecule is CC(C)Oc1cc2c(cc1Nc1ncc(Cl)c(Nc3ccccc3S(=O)(=O)C(C)C)n1)C(=O)N(C1CCCN(CCO)C1)C2.CC(C)Oc1cc2c(cc1Nc1ncc(Cl)c(Nc3ccccc3S(=O)(=O)C(C)C)n1)C(=O)N([C@H]1C[C@@H](C(N)=O)N(C)C1)C2.Cc1cnc(Nc2cc3c(cc2OC(C)C)CN(C2CC(C)(C)N(C)C(C)(C)C2)C3=O)nc1Nc1ccccc1S(=O)(=O)C(C)C. The fraction of sp³-hybridized carbons (Fsp3) is 0.458. The maximum Gasteiger partial charge on any atom is 0.254 e. The molecule has 15 rings (SSSR count). The van der Waals surface area contributed by atoms with Gasteiger partial charge in [0.2, 0.25) is 23.8 Å². The van der Waals surface area contributed by atoms with Crippen LogP contribution in [-0.2, 0) is 53.9 Å². The van der Waals surface area contributed by atoms with Gasteiger partial charge in [-0.25, -0.2) is 40.2 Å². The molecular weight excluding hydrogens is 1810 g/mol. The molecule has 134 heavy (non-hydrogen) atoms. The first kappa shape index (κ1) is 100. The summed E-state index contributed by atoms with van der Waals surface area (Å²) >= 11 is 12.9. The molecule has 3 fully saturated rings. The number of likely N-dealkylation sites (N-methyl/N-ethyl adjacent to an activating group) is 1. The van der Waals surface area contributed by atoms with Crippen molar-refractivity contribution in [2.24, 2.45) is 5.73 Å². The first-order chi connectivity index (χ1) is 63.1. The van der Waals surface area contributed by atoms with Crippen molar-refractivity contribution in [3.8, 4) is 17.2 Å². The molecule has 718 valence electrons. The average molecular weight is 1930 g/mol. The number of ether oxygens (including phenoxy) is 3. The lowest BCUT2D eigenvalue weighted by Gasteiger charge is -2.55. The number of carbonyl (C=O) groups excluding carboxylic acids is 4. The number of benzene rings is 6. The number of β-amino-alcohol motifs (C(OH)–C–C–N with tert-alkyl or cyclic N) is 1. The number of nitrogens with one attached hydrogen (secondary N) is 6. The zero-order valence-corrected chi connectivity index (χ0v) is 83.2. The molecular formula is C96H123Cl2N19O14S3. The highest BCUT2D eigenvalue weighted by molar-refractivity contribution is 7.92. The number of aliphatic hydroxyl groups is 1. The number of para-hydroxylation sites is 3. The monoisotopic (exact) mass is 1930 g/mol. The van der Waals surface area contributed by atoms with Crippen LogP contribution in [0, 0.1) is 6.92 Å². The third-order valence-corrected chi connectivity index (χ3v) is 32.1. The molecule has 3 atom stereocenters. The van der Waals surface area contributed by atoms with Crippen LogP contribution in [0.1, 0.15) is 196 Å². The number of primary amides is 1. The van der Waals surface area contributed by atoms with Gasteiger partial charge in [0.05, 0.1) is 108 Å². The van der Waals surface area contributed by atoms with Crippen LogP contribution < -0.4 is 51.8 Å².